The summed E-state index contributed by atoms with van der Waals surface area (Å²) in [4.78, 5) is 13.6. The number of carbonyl (C=O) groups excluding carboxylic acids is 1. The Labute approximate surface area is 149 Å². The fraction of sp³-hybridized carbons (Fsp3) is 0.381. The fourth-order valence-electron chi connectivity index (χ4n) is 3.88. The van der Waals surface area contributed by atoms with Crippen molar-refractivity contribution < 1.29 is 9.53 Å². The smallest absolute Gasteiger partial charge is 0.405 e. The first-order chi connectivity index (χ1) is 11.9. The molecule has 0 spiro atoms. The predicted molar refractivity (Wildman–Crippen MR) is 100 cm³/mol. The standard InChI is InChI=1S/C21H26N2O2/c1-21(2,25-20(22)24)13-17-12-18-10-6-7-11-19(18)23(15-17)14-16-8-4-3-5-9-16/h3-11,17H,12-15H2,1-2H3,(H2,22,24). The van der Waals surface area contributed by atoms with Crippen LogP contribution in [0, 0.1) is 5.92 Å². The van der Waals surface area contributed by atoms with Gasteiger partial charge in [-0.2, -0.15) is 0 Å². The van der Waals surface area contributed by atoms with Crippen LogP contribution < -0.4 is 10.6 Å². The normalized spacial score (nSPS) is 17.0. The number of ether oxygens (including phenoxy) is 1. The largest absolute Gasteiger partial charge is 0.444 e. The van der Waals surface area contributed by atoms with Crippen molar-refractivity contribution in [3.05, 3.63) is 65.7 Å². The van der Waals surface area contributed by atoms with E-state index in [4.69, 9.17) is 10.5 Å². The molecule has 0 aliphatic carbocycles. The Morgan fingerprint density at radius 1 is 1.16 bits per heavy atom. The van der Waals surface area contributed by atoms with Gasteiger partial charge in [0.15, 0.2) is 0 Å². The van der Waals surface area contributed by atoms with E-state index >= 15 is 0 Å². The van der Waals surface area contributed by atoms with Crippen LogP contribution in [-0.4, -0.2) is 18.2 Å². The maximum Gasteiger partial charge on any atom is 0.405 e. The number of primary amides is 1. The zero-order valence-electron chi connectivity index (χ0n) is 14.9. The number of para-hydroxylation sites is 1. The van der Waals surface area contributed by atoms with E-state index in [1.54, 1.807) is 0 Å². The molecule has 2 aromatic rings. The summed E-state index contributed by atoms with van der Waals surface area (Å²) in [6.07, 6.45) is 1.07. The Morgan fingerprint density at radius 2 is 1.84 bits per heavy atom. The highest BCUT2D eigenvalue weighted by Gasteiger charge is 2.31. The van der Waals surface area contributed by atoms with Gasteiger partial charge in [0.2, 0.25) is 0 Å². The monoisotopic (exact) mass is 338 g/mol. The van der Waals surface area contributed by atoms with Gasteiger partial charge in [-0.1, -0.05) is 48.5 Å². The number of nitrogens with two attached hydrogens (primary N) is 1. The summed E-state index contributed by atoms with van der Waals surface area (Å²) in [5.74, 6) is 0.410. The van der Waals surface area contributed by atoms with Crippen LogP contribution in [0.5, 0.6) is 0 Å². The zero-order chi connectivity index (χ0) is 17.9. The fourth-order valence-corrected chi connectivity index (χ4v) is 3.88. The second-order valence-electron chi connectivity index (χ2n) is 7.45. The lowest BCUT2D eigenvalue weighted by Crippen LogP contribution is -2.40. The number of nitrogens with zero attached hydrogens (tertiary/aromatic N) is 1. The topological polar surface area (TPSA) is 55.6 Å². The van der Waals surface area contributed by atoms with E-state index in [1.165, 1.54) is 16.8 Å². The molecule has 0 saturated heterocycles. The highest BCUT2D eigenvalue weighted by atomic mass is 16.6. The minimum absolute atomic E-state index is 0.410. The minimum Gasteiger partial charge on any atom is -0.444 e. The van der Waals surface area contributed by atoms with E-state index in [0.29, 0.717) is 5.92 Å². The van der Waals surface area contributed by atoms with Gasteiger partial charge in [0.25, 0.3) is 0 Å². The summed E-state index contributed by atoms with van der Waals surface area (Å²) >= 11 is 0. The third-order valence-corrected chi connectivity index (χ3v) is 4.69. The number of rotatable bonds is 5. The molecule has 132 valence electrons. The van der Waals surface area contributed by atoms with Crippen LogP contribution in [0.25, 0.3) is 0 Å². The van der Waals surface area contributed by atoms with Crippen molar-refractivity contribution in [1.29, 1.82) is 0 Å². The second-order valence-corrected chi connectivity index (χ2v) is 7.45. The molecule has 4 nitrogen and oxygen atoms in total. The number of amides is 1. The first-order valence-corrected chi connectivity index (χ1v) is 8.78. The zero-order valence-corrected chi connectivity index (χ0v) is 14.9. The molecule has 0 fully saturated rings. The summed E-state index contributed by atoms with van der Waals surface area (Å²) in [7, 11) is 0. The Balaban J connectivity index is 1.79. The second kappa shape index (κ2) is 7.18. The van der Waals surface area contributed by atoms with Gasteiger partial charge in [-0.05, 0) is 49.8 Å². The van der Waals surface area contributed by atoms with Crippen molar-refractivity contribution in [3.63, 3.8) is 0 Å². The third-order valence-electron chi connectivity index (χ3n) is 4.69. The molecule has 0 saturated carbocycles. The SMILES string of the molecule is CC(C)(CC1Cc2ccccc2N(Cc2ccccc2)C1)OC(N)=O. The molecule has 1 amide bonds. The van der Waals surface area contributed by atoms with Crippen molar-refractivity contribution >= 4 is 11.8 Å². The average Bonchev–Trinajstić information content (AvgIpc) is 2.54. The van der Waals surface area contributed by atoms with Crippen LogP contribution in [0.15, 0.2) is 54.6 Å². The number of carbonyl (C=O) groups is 1. The van der Waals surface area contributed by atoms with Crippen molar-refractivity contribution in [1.82, 2.24) is 0 Å². The Bertz CT molecular complexity index is 728. The van der Waals surface area contributed by atoms with Crippen LogP contribution in [0.2, 0.25) is 0 Å². The van der Waals surface area contributed by atoms with Crippen LogP contribution >= 0.6 is 0 Å². The maximum absolute atomic E-state index is 11.2. The van der Waals surface area contributed by atoms with E-state index < -0.39 is 11.7 Å². The number of benzene rings is 2. The van der Waals surface area contributed by atoms with Gasteiger partial charge >= 0.3 is 6.09 Å². The highest BCUT2D eigenvalue weighted by molar-refractivity contribution is 5.65. The first-order valence-electron chi connectivity index (χ1n) is 8.78. The quantitative estimate of drug-likeness (QED) is 0.892. The lowest BCUT2D eigenvalue weighted by atomic mass is 9.84. The summed E-state index contributed by atoms with van der Waals surface area (Å²) < 4.78 is 5.30. The van der Waals surface area contributed by atoms with E-state index in [0.717, 1.165) is 25.9 Å². The maximum atomic E-state index is 11.2. The minimum atomic E-state index is -0.706. The van der Waals surface area contributed by atoms with Gasteiger partial charge < -0.3 is 15.4 Å². The molecule has 1 heterocycles. The molecule has 0 bridgehead atoms. The summed E-state index contributed by atoms with van der Waals surface area (Å²) in [5.41, 5.74) is 8.61. The summed E-state index contributed by atoms with van der Waals surface area (Å²) in [5, 5.41) is 0. The van der Waals surface area contributed by atoms with Crippen molar-refractivity contribution in [2.45, 2.75) is 38.8 Å². The van der Waals surface area contributed by atoms with E-state index in [2.05, 4.69) is 53.4 Å². The van der Waals surface area contributed by atoms with Crippen LogP contribution in [0.1, 0.15) is 31.4 Å². The highest BCUT2D eigenvalue weighted by Crippen LogP contribution is 2.34. The van der Waals surface area contributed by atoms with Crippen LogP contribution in [-0.2, 0) is 17.7 Å². The van der Waals surface area contributed by atoms with Crippen molar-refractivity contribution in [2.75, 3.05) is 11.4 Å². The number of hydrogen-bond acceptors (Lipinski definition) is 3. The van der Waals surface area contributed by atoms with Gasteiger partial charge in [0.1, 0.15) is 5.60 Å². The third kappa shape index (κ3) is 4.53. The molecule has 1 aliphatic heterocycles. The number of hydrogen-bond donors (Lipinski definition) is 1. The lowest BCUT2D eigenvalue weighted by Gasteiger charge is -2.39. The summed E-state index contributed by atoms with van der Waals surface area (Å²) in [6, 6.07) is 19.1. The Morgan fingerprint density at radius 3 is 2.56 bits per heavy atom. The lowest BCUT2D eigenvalue weighted by molar-refractivity contribution is 0.0267. The van der Waals surface area contributed by atoms with Crippen LogP contribution in [0.4, 0.5) is 10.5 Å². The molecule has 3 rings (SSSR count). The van der Waals surface area contributed by atoms with Gasteiger partial charge in [-0.15, -0.1) is 0 Å². The van der Waals surface area contributed by atoms with E-state index in [1.807, 2.05) is 19.9 Å². The molecule has 1 atom stereocenters. The molecule has 1 unspecified atom stereocenters. The molecule has 2 aromatic carbocycles. The van der Waals surface area contributed by atoms with Gasteiger partial charge in [-0.3, -0.25) is 0 Å². The van der Waals surface area contributed by atoms with E-state index in [-0.39, 0.29) is 0 Å². The van der Waals surface area contributed by atoms with Gasteiger partial charge in [0.05, 0.1) is 0 Å². The van der Waals surface area contributed by atoms with E-state index in [9.17, 15) is 4.79 Å². The molecule has 25 heavy (non-hydrogen) atoms. The first kappa shape index (κ1) is 17.3. The molecule has 1 aliphatic rings. The number of anilines is 1. The molecule has 0 aromatic heterocycles. The molecule has 0 radical (unpaired) electrons. The Kier molecular flexibility index (Phi) is 4.98. The molecular formula is C21H26N2O2. The molecular weight excluding hydrogens is 312 g/mol. The predicted octanol–water partition coefficient (Wildman–Crippen LogP) is 4.13. The Hall–Kier alpha value is -2.49. The van der Waals surface area contributed by atoms with Gasteiger partial charge in [-0.25, -0.2) is 4.79 Å². The van der Waals surface area contributed by atoms with Crippen molar-refractivity contribution in [2.24, 2.45) is 11.7 Å². The average molecular weight is 338 g/mol. The van der Waals surface area contributed by atoms with Gasteiger partial charge in [0, 0.05) is 18.8 Å². The van der Waals surface area contributed by atoms with Crippen LogP contribution in [0.3, 0.4) is 0 Å². The number of fused-ring (bicyclic) bond motifs is 1. The summed E-state index contributed by atoms with van der Waals surface area (Å²) in [6.45, 7) is 5.68. The molecule has 2 N–H and O–H groups in total. The van der Waals surface area contributed by atoms with Crippen molar-refractivity contribution in [3.8, 4) is 0 Å². The molecule has 4 heteroatoms.